The van der Waals surface area contributed by atoms with E-state index in [2.05, 4.69) is 19.9 Å². The normalized spacial score (nSPS) is 13.5. The summed E-state index contributed by atoms with van der Waals surface area (Å²) in [4.78, 5) is 15.9. The van der Waals surface area contributed by atoms with Gasteiger partial charge < -0.3 is 0 Å². The van der Waals surface area contributed by atoms with Crippen LogP contribution in [0.25, 0.3) is 11.0 Å². The van der Waals surface area contributed by atoms with Crippen LogP contribution in [0.5, 0.6) is 0 Å². The van der Waals surface area contributed by atoms with E-state index < -0.39 is 16.1 Å². The summed E-state index contributed by atoms with van der Waals surface area (Å²) in [7, 11) is -0.515. The smallest absolute Gasteiger partial charge is 0.295 e. The Morgan fingerprint density at radius 2 is 1.91 bits per heavy atom. The number of H-pyrrole nitrogens is 1. The molecule has 122 valence electrons. The van der Waals surface area contributed by atoms with Gasteiger partial charge >= 0.3 is 5.69 Å². The number of imidazole rings is 1. The lowest BCUT2D eigenvalue weighted by molar-refractivity contribution is 0.560. The molecule has 0 bridgehead atoms. The molecule has 0 aliphatic carbocycles. The topological polar surface area (TPSA) is 115 Å². The fourth-order valence-electron chi connectivity index (χ4n) is 2.43. The molecule has 3 rings (SSSR count). The number of nitrogens with one attached hydrogen (secondary N) is 2. The third kappa shape index (κ3) is 2.55. The van der Waals surface area contributed by atoms with Gasteiger partial charge in [0.05, 0.1) is 22.0 Å². The summed E-state index contributed by atoms with van der Waals surface area (Å²) in [6.45, 7) is 1.66. The van der Waals surface area contributed by atoms with Gasteiger partial charge in [-0.15, -0.1) is 0 Å². The van der Waals surface area contributed by atoms with Crippen molar-refractivity contribution in [2.24, 2.45) is 14.1 Å². The number of aryl methyl sites for hydroxylation is 2. The predicted molar refractivity (Wildman–Crippen MR) is 83.3 cm³/mol. The molecule has 1 atom stereocenters. The van der Waals surface area contributed by atoms with E-state index in [1.165, 1.54) is 27.6 Å². The molecule has 0 spiro atoms. The van der Waals surface area contributed by atoms with Gasteiger partial charge in [-0.05, 0) is 25.1 Å². The van der Waals surface area contributed by atoms with Crippen LogP contribution in [0.4, 0.5) is 0 Å². The molecule has 1 aromatic carbocycles. The molecule has 0 radical (unpaired) electrons. The fraction of sp³-hybridized carbons (Fsp3) is 0.308. The van der Waals surface area contributed by atoms with Gasteiger partial charge in [0.25, 0.3) is 0 Å². The molecule has 2 aromatic heterocycles. The van der Waals surface area contributed by atoms with E-state index >= 15 is 0 Å². The van der Waals surface area contributed by atoms with Crippen LogP contribution < -0.4 is 10.4 Å². The molecule has 0 saturated carbocycles. The van der Waals surface area contributed by atoms with Crippen LogP contribution in [0.15, 0.2) is 34.2 Å². The van der Waals surface area contributed by atoms with Crippen LogP contribution in [0.3, 0.4) is 0 Å². The van der Waals surface area contributed by atoms with Crippen LogP contribution in [0.1, 0.15) is 18.8 Å². The third-order valence-corrected chi connectivity index (χ3v) is 5.27. The zero-order valence-electron chi connectivity index (χ0n) is 12.8. The lowest BCUT2D eigenvalue weighted by Crippen LogP contribution is -2.27. The molecule has 0 saturated heterocycles. The van der Waals surface area contributed by atoms with Gasteiger partial charge in [0.2, 0.25) is 10.0 Å². The van der Waals surface area contributed by atoms with Gasteiger partial charge in [0.15, 0.2) is 0 Å². The Bertz CT molecular complexity index is 1020. The zero-order valence-corrected chi connectivity index (χ0v) is 13.6. The maximum atomic E-state index is 12.5. The quantitative estimate of drug-likeness (QED) is 0.698. The molecule has 1 unspecified atom stereocenters. The number of hydrogen-bond acceptors (Lipinski definition) is 5. The predicted octanol–water partition coefficient (Wildman–Crippen LogP) is 0.0346. The van der Waals surface area contributed by atoms with Crippen LogP contribution in [-0.2, 0) is 24.1 Å². The fourth-order valence-corrected chi connectivity index (χ4v) is 3.66. The van der Waals surface area contributed by atoms with E-state index in [1.807, 2.05) is 0 Å². The van der Waals surface area contributed by atoms with Gasteiger partial charge in [0.1, 0.15) is 12.2 Å². The molecule has 0 aliphatic heterocycles. The number of aromatic amines is 1. The highest BCUT2D eigenvalue weighted by molar-refractivity contribution is 7.89. The Labute approximate surface area is 132 Å². The van der Waals surface area contributed by atoms with E-state index in [0.29, 0.717) is 16.9 Å². The van der Waals surface area contributed by atoms with Gasteiger partial charge in [-0.2, -0.15) is 5.10 Å². The average molecular weight is 336 g/mol. The maximum Gasteiger partial charge on any atom is 0.328 e. The molecular formula is C13H16N6O3S. The van der Waals surface area contributed by atoms with Crippen molar-refractivity contribution in [1.82, 2.24) is 29.0 Å². The number of aromatic nitrogens is 5. The summed E-state index contributed by atoms with van der Waals surface area (Å²) in [5.41, 5.74) is 1.00. The van der Waals surface area contributed by atoms with Crippen molar-refractivity contribution >= 4 is 21.1 Å². The van der Waals surface area contributed by atoms with Crippen LogP contribution >= 0.6 is 0 Å². The molecule has 0 aliphatic rings. The number of sulfonamides is 1. The molecule has 10 heteroatoms. The molecule has 3 aromatic rings. The number of fused-ring (bicyclic) bond motifs is 1. The van der Waals surface area contributed by atoms with Crippen LogP contribution in [-0.4, -0.2) is 32.7 Å². The van der Waals surface area contributed by atoms with E-state index in [4.69, 9.17) is 0 Å². The molecule has 2 heterocycles. The molecule has 2 N–H and O–H groups in total. The Balaban J connectivity index is 2.02. The van der Waals surface area contributed by atoms with E-state index in [0.717, 1.165) is 0 Å². The molecule has 0 amide bonds. The summed E-state index contributed by atoms with van der Waals surface area (Å²) in [6.07, 6.45) is 1.31. The molecule has 9 nitrogen and oxygen atoms in total. The third-order valence-electron chi connectivity index (χ3n) is 3.73. The second kappa shape index (κ2) is 5.32. The largest absolute Gasteiger partial charge is 0.328 e. The van der Waals surface area contributed by atoms with Crippen LogP contribution in [0, 0.1) is 0 Å². The Morgan fingerprint density at radius 1 is 1.22 bits per heavy atom. The Hall–Kier alpha value is -2.46. The first kappa shape index (κ1) is 15.4. The Morgan fingerprint density at radius 3 is 2.57 bits per heavy atom. The van der Waals surface area contributed by atoms with E-state index in [1.54, 1.807) is 27.1 Å². The van der Waals surface area contributed by atoms with E-state index in [-0.39, 0.29) is 10.6 Å². The van der Waals surface area contributed by atoms with Crippen molar-refractivity contribution in [2.45, 2.75) is 17.9 Å². The first-order valence-electron chi connectivity index (χ1n) is 6.84. The van der Waals surface area contributed by atoms with Gasteiger partial charge in [-0.25, -0.2) is 22.9 Å². The number of hydrogen-bond donors (Lipinski definition) is 2. The first-order valence-corrected chi connectivity index (χ1v) is 8.32. The molecular weight excluding hydrogens is 320 g/mol. The lowest BCUT2D eigenvalue weighted by Gasteiger charge is -2.12. The summed E-state index contributed by atoms with van der Waals surface area (Å²) in [5, 5.41) is 6.32. The summed E-state index contributed by atoms with van der Waals surface area (Å²) in [6, 6.07) is 4.01. The highest BCUT2D eigenvalue weighted by Crippen LogP contribution is 2.19. The van der Waals surface area contributed by atoms with Crippen molar-refractivity contribution in [3.63, 3.8) is 0 Å². The highest BCUT2D eigenvalue weighted by Gasteiger charge is 2.21. The van der Waals surface area contributed by atoms with Crippen molar-refractivity contribution < 1.29 is 8.42 Å². The standard InChI is InChI=1S/C13H16N6O3S/c1-8(12-14-7-15-16-12)17-23(21,22)9-4-5-10-11(6-9)19(3)13(20)18(10)2/h4-8,17H,1-3H3,(H,14,15,16). The SMILES string of the molecule is CC(NS(=O)(=O)c1ccc2c(c1)n(C)c(=O)n2C)c1ncn[nH]1. The average Bonchev–Trinajstić information content (AvgIpc) is 3.12. The number of benzene rings is 1. The van der Waals surface area contributed by atoms with Crippen molar-refractivity contribution in [3.8, 4) is 0 Å². The number of rotatable bonds is 4. The molecule has 0 fully saturated rings. The van der Waals surface area contributed by atoms with Crippen LogP contribution in [0.2, 0.25) is 0 Å². The van der Waals surface area contributed by atoms with Crippen molar-refractivity contribution in [3.05, 3.63) is 40.8 Å². The monoisotopic (exact) mass is 336 g/mol. The highest BCUT2D eigenvalue weighted by atomic mass is 32.2. The Kier molecular flexibility index (Phi) is 3.57. The first-order chi connectivity index (χ1) is 10.8. The van der Waals surface area contributed by atoms with Gasteiger partial charge in [0, 0.05) is 14.1 Å². The summed E-state index contributed by atoms with van der Waals surface area (Å²) < 4.78 is 30.4. The molecule has 23 heavy (non-hydrogen) atoms. The second-order valence-electron chi connectivity index (χ2n) is 5.26. The summed E-state index contributed by atoms with van der Waals surface area (Å²) in [5.74, 6) is 0.418. The van der Waals surface area contributed by atoms with Crippen molar-refractivity contribution in [2.75, 3.05) is 0 Å². The minimum atomic E-state index is -3.76. The second-order valence-corrected chi connectivity index (χ2v) is 6.98. The van der Waals surface area contributed by atoms with Gasteiger partial charge in [-0.1, -0.05) is 0 Å². The van der Waals surface area contributed by atoms with E-state index in [9.17, 15) is 13.2 Å². The summed E-state index contributed by atoms with van der Waals surface area (Å²) >= 11 is 0. The maximum absolute atomic E-state index is 12.5. The number of nitrogens with zero attached hydrogens (tertiary/aromatic N) is 4. The minimum Gasteiger partial charge on any atom is -0.295 e. The van der Waals surface area contributed by atoms with Gasteiger partial charge in [-0.3, -0.25) is 14.2 Å². The van der Waals surface area contributed by atoms with Crippen molar-refractivity contribution in [1.29, 1.82) is 0 Å². The minimum absolute atomic E-state index is 0.0811. The zero-order chi connectivity index (χ0) is 16.8. The lowest BCUT2D eigenvalue weighted by atomic mass is 10.3.